The van der Waals surface area contributed by atoms with Crippen molar-refractivity contribution in [3.63, 3.8) is 0 Å². The zero-order chi connectivity index (χ0) is 14.3. The van der Waals surface area contributed by atoms with Gasteiger partial charge in [-0.05, 0) is 47.5 Å². The molecule has 20 heavy (non-hydrogen) atoms. The monoisotopic (exact) mass is 329 g/mol. The third-order valence-corrected chi connectivity index (χ3v) is 4.00. The van der Waals surface area contributed by atoms with E-state index in [-0.39, 0.29) is 6.04 Å². The Morgan fingerprint density at radius 1 is 1.15 bits per heavy atom. The summed E-state index contributed by atoms with van der Waals surface area (Å²) in [5, 5.41) is 0. The standard InChI is InChI=1S/C16H16BrN3/c1-10(18)12-3-5-13(6-4-12)16-11(2)20-9-14(17)7-8-15(20)19-16/h3-10H,18H2,1-2H3. The van der Waals surface area contributed by atoms with Crippen molar-refractivity contribution in [3.8, 4) is 11.3 Å². The molecule has 3 rings (SSSR count). The molecule has 0 aliphatic carbocycles. The molecule has 0 aliphatic rings. The van der Waals surface area contributed by atoms with Crippen LogP contribution in [0.2, 0.25) is 0 Å². The molecule has 0 fully saturated rings. The molecular formula is C16H16BrN3. The largest absolute Gasteiger partial charge is 0.324 e. The molecule has 0 spiro atoms. The number of benzene rings is 1. The number of nitrogens with two attached hydrogens (primary N) is 1. The van der Waals surface area contributed by atoms with Crippen LogP contribution in [0, 0.1) is 6.92 Å². The Bertz CT molecular complexity index is 757. The molecule has 0 bridgehead atoms. The fraction of sp³-hybridized carbons (Fsp3) is 0.188. The number of aromatic nitrogens is 2. The van der Waals surface area contributed by atoms with Gasteiger partial charge < -0.3 is 10.1 Å². The molecule has 0 saturated carbocycles. The van der Waals surface area contributed by atoms with E-state index in [1.54, 1.807) is 0 Å². The lowest BCUT2D eigenvalue weighted by atomic mass is 10.0. The maximum Gasteiger partial charge on any atom is 0.137 e. The van der Waals surface area contributed by atoms with Crippen LogP contribution in [0.3, 0.4) is 0 Å². The summed E-state index contributed by atoms with van der Waals surface area (Å²) >= 11 is 3.50. The SMILES string of the molecule is Cc1c(-c2ccc(C(C)N)cc2)nc2ccc(Br)cn12. The van der Waals surface area contributed by atoms with Gasteiger partial charge in [0.2, 0.25) is 0 Å². The van der Waals surface area contributed by atoms with Crippen LogP contribution >= 0.6 is 15.9 Å². The molecular weight excluding hydrogens is 314 g/mol. The second-order valence-corrected chi connectivity index (χ2v) is 5.95. The molecule has 1 atom stereocenters. The number of rotatable bonds is 2. The third-order valence-electron chi connectivity index (χ3n) is 3.53. The second kappa shape index (κ2) is 5.04. The summed E-state index contributed by atoms with van der Waals surface area (Å²) in [5.74, 6) is 0. The Hall–Kier alpha value is -1.65. The summed E-state index contributed by atoms with van der Waals surface area (Å²) < 4.78 is 3.14. The first-order valence-corrected chi connectivity index (χ1v) is 7.35. The molecule has 0 aliphatic heterocycles. The minimum absolute atomic E-state index is 0.0576. The summed E-state index contributed by atoms with van der Waals surface area (Å²) in [6, 6.07) is 12.4. The van der Waals surface area contributed by atoms with Crippen LogP contribution in [-0.2, 0) is 0 Å². The lowest BCUT2D eigenvalue weighted by Crippen LogP contribution is -2.04. The number of nitrogens with zero attached hydrogens (tertiary/aromatic N) is 2. The van der Waals surface area contributed by atoms with Crippen LogP contribution in [0.25, 0.3) is 16.9 Å². The fourth-order valence-corrected chi connectivity index (χ4v) is 2.69. The predicted molar refractivity (Wildman–Crippen MR) is 85.7 cm³/mol. The minimum atomic E-state index is 0.0576. The first-order chi connectivity index (χ1) is 9.56. The topological polar surface area (TPSA) is 43.3 Å². The normalized spacial score (nSPS) is 12.8. The van der Waals surface area contributed by atoms with Gasteiger partial charge in [-0.2, -0.15) is 0 Å². The Morgan fingerprint density at radius 3 is 2.50 bits per heavy atom. The molecule has 3 nitrogen and oxygen atoms in total. The van der Waals surface area contributed by atoms with Gasteiger partial charge in [0.05, 0.1) is 5.69 Å². The van der Waals surface area contributed by atoms with Crippen molar-refractivity contribution < 1.29 is 0 Å². The quantitative estimate of drug-likeness (QED) is 0.769. The molecule has 0 amide bonds. The van der Waals surface area contributed by atoms with Crippen molar-refractivity contribution in [2.24, 2.45) is 5.73 Å². The van der Waals surface area contributed by atoms with Gasteiger partial charge in [-0.25, -0.2) is 4.98 Å². The summed E-state index contributed by atoms with van der Waals surface area (Å²) in [6.45, 7) is 4.07. The summed E-state index contributed by atoms with van der Waals surface area (Å²) in [4.78, 5) is 4.71. The Kier molecular flexibility index (Phi) is 3.36. The Labute approximate surface area is 126 Å². The highest BCUT2D eigenvalue weighted by atomic mass is 79.9. The number of imidazole rings is 1. The highest BCUT2D eigenvalue weighted by Crippen LogP contribution is 2.26. The van der Waals surface area contributed by atoms with Crippen molar-refractivity contribution in [1.29, 1.82) is 0 Å². The molecule has 0 saturated heterocycles. The van der Waals surface area contributed by atoms with Crippen LogP contribution in [-0.4, -0.2) is 9.38 Å². The summed E-state index contributed by atoms with van der Waals surface area (Å²) in [5.41, 5.74) is 11.2. The smallest absolute Gasteiger partial charge is 0.137 e. The lowest BCUT2D eigenvalue weighted by molar-refractivity contribution is 0.818. The van der Waals surface area contributed by atoms with E-state index in [4.69, 9.17) is 10.7 Å². The maximum atomic E-state index is 5.89. The first-order valence-electron chi connectivity index (χ1n) is 6.56. The van der Waals surface area contributed by atoms with E-state index in [9.17, 15) is 0 Å². The number of pyridine rings is 1. The van der Waals surface area contributed by atoms with Gasteiger partial charge in [-0.1, -0.05) is 24.3 Å². The number of hydrogen-bond donors (Lipinski definition) is 1. The molecule has 2 N–H and O–H groups in total. The number of aryl methyl sites for hydroxylation is 1. The molecule has 4 heteroatoms. The van der Waals surface area contributed by atoms with Gasteiger partial charge >= 0.3 is 0 Å². The highest BCUT2D eigenvalue weighted by Gasteiger charge is 2.10. The summed E-state index contributed by atoms with van der Waals surface area (Å²) in [7, 11) is 0. The van der Waals surface area contributed by atoms with E-state index in [1.807, 2.05) is 25.3 Å². The van der Waals surface area contributed by atoms with Crippen molar-refractivity contribution in [3.05, 3.63) is 58.3 Å². The van der Waals surface area contributed by atoms with Crippen molar-refractivity contribution in [1.82, 2.24) is 9.38 Å². The number of halogens is 1. The molecule has 2 aromatic heterocycles. The maximum absolute atomic E-state index is 5.89. The van der Waals surface area contributed by atoms with E-state index in [0.717, 1.165) is 32.6 Å². The van der Waals surface area contributed by atoms with E-state index in [0.29, 0.717) is 0 Å². The zero-order valence-electron chi connectivity index (χ0n) is 11.5. The second-order valence-electron chi connectivity index (χ2n) is 5.03. The van der Waals surface area contributed by atoms with E-state index in [1.165, 1.54) is 0 Å². The Morgan fingerprint density at radius 2 is 1.85 bits per heavy atom. The molecule has 1 aromatic carbocycles. The number of hydrogen-bond acceptors (Lipinski definition) is 2. The highest BCUT2D eigenvalue weighted by molar-refractivity contribution is 9.10. The average Bonchev–Trinajstić information content (AvgIpc) is 2.76. The first kappa shape index (κ1) is 13.3. The minimum Gasteiger partial charge on any atom is -0.324 e. The molecule has 0 radical (unpaired) electrons. The molecule has 3 aromatic rings. The van der Waals surface area contributed by atoms with Gasteiger partial charge in [0, 0.05) is 28.0 Å². The third kappa shape index (κ3) is 2.25. The fourth-order valence-electron chi connectivity index (χ4n) is 2.35. The zero-order valence-corrected chi connectivity index (χ0v) is 13.1. The van der Waals surface area contributed by atoms with Gasteiger partial charge in [0.15, 0.2) is 0 Å². The van der Waals surface area contributed by atoms with Crippen LogP contribution in [0.15, 0.2) is 47.1 Å². The van der Waals surface area contributed by atoms with E-state index in [2.05, 4.69) is 51.5 Å². The molecule has 102 valence electrons. The van der Waals surface area contributed by atoms with Crippen LogP contribution in [0.4, 0.5) is 0 Å². The molecule has 2 heterocycles. The van der Waals surface area contributed by atoms with Crippen LogP contribution < -0.4 is 5.73 Å². The number of fused-ring (bicyclic) bond motifs is 1. The predicted octanol–water partition coefficient (Wildman–Crippen LogP) is 4.09. The van der Waals surface area contributed by atoms with Gasteiger partial charge in [-0.3, -0.25) is 0 Å². The van der Waals surface area contributed by atoms with Crippen molar-refractivity contribution >= 4 is 21.6 Å². The van der Waals surface area contributed by atoms with E-state index < -0.39 is 0 Å². The van der Waals surface area contributed by atoms with Gasteiger partial charge in [0.25, 0.3) is 0 Å². The van der Waals surface area contributed by atoms with Crippen LogP contribution in [0.1, 0.15) is 24.2 Å². The average molecular weight is 330 g/mol. The van der Waals surface area contributed by atoms with Gasteiger partial charge in [0.1, 0.15) is 5.65 Å². The molecule has 1 unspecified atom stereocenters. The lowest BCUT2D eigenvalue weighted by Gasteiger charge is -2.06. The Balaban J connectivity index is 2.12. The van der Waals surface area contributed by atoms with Gasteiger partial charge in [-0.15, -0.1) is 0 Å². The van der Waals surface area contributed by atoms with Crippen molar-refractivity contribution in [2.75, 3.05) is 0 Å². The van der Waals surface area contributed by atoms with Crippen molar-refractivity contribution in [2.45, 2.75) is 19.9 Å². The van der Waals surface area contributed by atoms with Crippen LogP contribution in [0.5, 0.6) is 0 Å². The van der Waals surface area contributed by atoms with E-state index >= 15 is 0 Å². The summed E-state index contributed by atoms with van der Waals surface area (Å²) in [6.07, 6.45) is 2.04.